The largest absolute Gasteiger partial charge is 0.384 e. The first-order chi connectivity index (χ1) is 8.72. The van der Waals surface area contributed by atoms with E-state index in [0.717, 1.165) is 0 Å². The molecule has 0 aliphatic rings. The van der Waals surface area contributed by atoms with Crippen LogP contribution in [0.25, 0.3) is 5.65 Å². The van der Waals surface area contributed by atoms with Crippen LogP contribution in [-0.4, -0.2) is 19.6 Å². The fraction of sp³-hybridized carbons (Fsp3) is 0. The molecule has 3 rings (SSSR count). The molecule has 0 saturated heterocycles. The molecule has 0 aliphatic carbocycles. The summed E-state index contributed by atoms with van der Waals surface area (Å²) in [6.45, 7) is 0. The lowest BCUT2D eigenvalue weighted by Crippen LogP contribution is -2.03. The summed E-state index contributed by atoms with van der Waals surface area (Å²) in [5, 5.41) is 7.64. The second kappa shape index (κ2) is 4.15. The molecule has 0 aromatic carbocycles. The van der Waals surface area contributed by atoms with Crippen molar-refractivity contribution < 1.29 is 0 Å². The van der Waals surface area contributed by atoms with Gasteiger partial charge in [-0.1, -0.05) is 17.7 Å². The van der Waals surface area contributed by atoms with Gasteiger partial charge in [-0.15, -0.1) is 0 Å². The fourth-order valence-corrected chi connectivity index (χ4v) is 1.81. The van der Waals surface area contributed by atoms with Gasteiger partial charge in [0, 0.05) is 12.1 Å². The van der Waals surface area contributed by atoms with Crippen molar-refractivity contribution in [2.24, 2.45) is 0 Å². The third-order valence-corrected chi connectivity index (χ3v) is 2.55. The van der Waals surface area contributed by atoms with Gasteiger partial charge in [-0.25, -0.2) is 9.97 Å². The molecule has 0 atom stereocenters. The van der Waals surface area contributed by atoms with Crippen LogP contribution in [0, 0.1) is 0 Å². The molecule has 0 radical (unpaired) electrons. The number of halogens is 1. The highest BCUT2D eigenvalue weighted by molar-refractivity contribution is 6.29. The highest BCUT2D eigenvalue weighted by atomic mass is 35.5. The molecule has 6 nitrogen and oxygen atoms in total. The van der Waals surface area contributed by atoms with Gasteiger partial charge in [-0.3, -0.25) is 0 Å². The Bertz CT molecular complexity index is 708. The molecule has 3 N–H and O–H groups in total. The van der Waals surface area contributed by atoms with E-state index in [1.165, 1.54) is 0 Å². The molecule has 90 valence electrons. The first kappa shape index (κ1) is 10.8. The van der Waals surface area contributed by atoms with Crippen LogP contribution >= 0.6 is 11.6 Å². The predicted molar refractivity (Wildman–Crippen MR) is 69.9 cm³/mol. The second-order valence-electron chi connectivity index (χ2n) is 3.64. The van der Waals surface area contributed by atoms with Gasteiger partial charge in [0.1, 0.15) is 22.6 Å². The third-order valence-electron chi connectivity index (χ3n) is 2.35. The Labute approximate surface area is 107 Å². The number of anilines is 3. The van der Waals surface area contributed by atoms with Crippen molar-refractivity contribution in [1.82, 2.24) is 19.6 Å². The minimum atomic E-state index is 0.384. The third kappa shape index (κ3) is 1.93. The normalized spacial score (nSPS) is 10.7. The van der Waals surface area contributed by atoms with Crippen LogP contribution in [-0.2, 0) is 0 Å². The maximum absolute atomic E-state index is 5.94. The topological polar surface area (TPSA) is 81.1 Å². The van der Waals surface area contributed by atoms with Gasteiger partial charge >= 0.3 is 0 Å². The quantitative estimate of drug-likeness (QED) is 0.690. The summed E-state index contributed by atoms with van der Waals surface area (Å²) >= 11 is 5.94. The maximum atomic E-state index is 5.94. The average Bonchev–Trinajstić information content (AvgIpc) is 2.77. The van der Waals surface area contributed by atoms with Gasteiger partial charge in [0.2, 0.25) is 0 Å². The van der Waals surface area contributed by atoms with E-state index in [1.54, 1.807) is 35.0 Å². The molecule has 18 heavy (non-hydrogen) atoms. The molecular weight excluding hydrogens is 252 g/mol. The number of nitrogen functional groups attached to an aromatic ring is 1. The Morgan fingerprint density at radius 2 is 2.11 bits per heavy atom. The van der Waals surface area contributed by atoms with Crippen molar-refractivity contribution in [2.75, 3.05) is 11.1 Å². The molecule has 0 spiro atoms. The highest BCUT2D eigenvalue weighted by Gasteiger charge is 2.06. The van der Waals surface area contributed by atoms with Crippen molar-refractivity contribution >= 4 is 34.7 Å². The van der Waals surface area contributed by atoms with Crippen molar-refractivity contribution in [1.29, 1.82) is 0 Å². The molecule has 3 heterocycles. The molecule has 0 amide bonds. The Hall–Kier alpha value is -2.34. The van der Waals surface area contributed by atoms with E-state index in [4.69, 9.17) is 17.3 Å². The Morgan fingerprint density at radius 3 is 2.94 bits per heavy atom. The summed E-state index contributed by atoms with van der Waals surface area (Å²) in [6.07, 6.45) is 1.65. The van der Waals surface area contributed by atoms with Crippen LogP contribution in [0.4, 0.5) is 17.5 Å². The van der Waals surface area contributed by atoms with E-state index in [1.807, 2.05) is 6.07 Å². The fourth-order valence-electron chi connectivity index (χ4n) is 1.62. The Kier molecular flexibility index (Phi) is 2.49. The minimum absolute atomic E-state index is 0.384. The van der Waals surface area contributed by atoms with Gasteiger partial charge < -0.3 is 11.1 Å². The number of hydrogen-bond donors (Lipinski definition) is 2. The van der Waals surface area contributed by atoms with Gasteiger partial charge in [0.15, 0.2) is 5.65 Å². The number of nitrogens with two attached hydrogens (primary N) is 1. The monoisotopic (exact) mass is 260 g/mol. The van der Waals surface area contributed by atoms with E-state index in [9.17, 15) is 0 Å². The summed E-state index contributed by atoms with van der Waals surface area (Å²) in [4.78, 5) is 8.29. The molecule has 0 aliphatic heterocycles. The molecule has 0 saturated carbocycles. The van der Waals surface area contributed by atoms with Crippen LogP contribution in [0.2, 0.25) is 5.15 Å². The van der Waals surface area contributed by atoms with Gasteiger partial charge in [-0.05, 0) is 12.1 Å². The standard InChI is InChI=1S/C11H9ClN6/c12-7-6-11(18-10(15-7)4-5-14-18)17-9-3-1-2-8(13)16-9/h1-6H,(H3,13,16,17). The number of aromatic nitrogens is 4. The lowest BCUT2D eigenvalue weighted by molar-refractivity contribution is 0.945. The molecule has 0 bridgehead atoms. The number of nitrogens with one attached hydrogen (secondary N) is 1. The highest BCUT2D eigenvalue weighted by Crippen LogP contribution is 2.19. The van der Waals surface area contributed by atoms with Crippen LogP contribution in [0.15, 0.2) is 36.5 Å². The van der Waals surface area contributed by atoms with E-state index >= 15 is 0 Å². The zero-order valence-corrected chi connectivity index (χ0v) is 9.96. The summed E-state index contributed by atoms with van der Waals surface area (Å²) in [5.74, 6) is 1.74. The summed E-state index contributed by atoms with van der Waals surface area (Å²) in [5.41, 5.74) is 6.28. The van der Waals surface area contributed by atoms with E-state index in [0.29, 0.717) is 28.3 Å². The lowest BCUT2D eigenvalue weighted by atomic mass is 10.4. The van der Waals surface area contributed by atoms with Gasteiger partial charge in [0.25, 0.3) is 0 Å². The Balaban J connectivity index is 2.06. The summed E-state index contributed by atoms with van der Waals surface area (Å²) in [7, 11) is 0. The van der Waals surface area contributed by atoms with Crippen LogP contribution in [0.1, 0.15) is 0 Å². The Morgan fingerprint density at radius 1 is 1.22 bits per heavy atom. The number of hydrogen-bond acceptors (Lipinski definition) is 5. The molecule has 3 aromatic rings. The SMILES string of the molecule is Nc1cccc(Nc2cc(Cl)nc3ccnn23)n1. The molecule has 0 fully saturated rings. The number of nitrogens with zero attached hydrogens (tertiary/aromatic N) is 4. The van der Waals surface area contributed by atoms with Crippen LogP contribution in [0.3, 0.4) is 0 Å². The van der Waals surface area contributed by atoms with Crippen molar-refractivity contribution in [3.8, 4) is 0 Å². The number of pyridine rings is 1. The van der Waals surface area contributed by atoms with Crippen LogP contribution < -0.4 is 11.1 Å². The lowest BCUT2D eigenvalue weighted by Gasteiger charge is -2.08. The van der Waals surface area contributed by atoms with Crippen molar-refractivity contribution in [3.63, 3.8) is 0 Å². The smallest absolute Gasteiger partial charge is 0.159 e. The number of rotatable bonds is 2. The van der Waals surface area contributed by atoms with Gasteiger partial charge in [0.05, 0.1) is 6.20 Å². The molecule has 3 aromatic heterocycles. The molecule has 0 unspecified atom stereocenters. The maximum Gasteiger partial charge on any atom is 0.159 e. The van der Waals surface area contributed by atoms with E-state index in [-0.39, 0.29) is 0 Å². The zero-order valence-electron chi connectivity index (χ0n) is 9.21. The van der Waals surface area contributed by atoms with E-state index < -0.39 is 0 Å². The zero-order chi connectivity index (χ0) is 12.5. The predicted octanol–water partition coefficient (Wildman–Crippen LogP) is 2.10. The summed E-state index contributed by atoms with van der Waals surface area (Å²) in [6, 6.07) is 8.78. The molecule has 7 heteroatoms. The van der Waals surface area contributed by atoms with Crippen molar-refractivity contribution in [3.05, 3.63) is 41.7 Å². The first-order valence-corrected chi connectivity index (χ1v) is 5.60. The number of fused-ring (bicyclic) bond motifs is 1. The van der Waals surface area contributed by atoms with E-state index in [2.05, 4.69) is 20.4 Å². The second-order valence-corrected chi connectivity index (χ2v) is 4.03. The minimum Gasteiger partial charge on any atom is -0.384 e. The van der Waals surface area contributed by atoms with Crippen LogP contribution in [0.5, 0.6) is 0 Å². The van der Waals surface area contributed by atoms with Gasteiger partial charge in [-0.2, -0.15) is 9.61 Å². The molecular formula is C11H9ClN6. The first-order valence-electron chi connectivity index (χ1n) is 5.22. The average molecular weight is 261 g/mol. The summed E-state index contributed by atoms with van der Waals surface area (Å²) < 4.78 is 1.64. The van der Waals surface area contributed by atoms with Crippen molar-refractivity contribution in [2.45, 2.75) is 0 Å².